The van der Waals surface area contributed by atoms with E-state index in [4.69, 9.17) is 0 Å². The van der Waals surface area contributed by atoms with Crippen molar-refractivity contribution in [1.82, 2.24) is 5.32 Å². The third-order valence-electron chi connectivity index (χ3n) is 2.89. The summed E-state index contributed by atoms with van der Waals surface area (Å²) < 4.78 is 0. The van der Waals surface area contributed by atoms with Crippen molar-refractivity contribution in [2.45, 2.75) is 58.9 Å². The zero-order valence-corrected chi connectivity index (χ0v) is 8.82. The van der Waals surface area contributed by atoms with E-state index in [1.54, 1.807) is 0 Å². The summed E-state index contributed by atoms with van der Waals surface area (Å²) in [6.45, 7) is 8.22. The average molecular weight is 169 g/mol. The van der Waals surface area contributed by atoms with Crippen molar-refractivity contribution in [1.29, 1.82) is 0 Å². The highest BCUT2D eigenvalue weighted by Gasteiger charge is 2.27. The van der Waals surface area contributed by atoms with Gasteiger partial charge >= 0.3 is 0 Å². The Balaban J connectivity index is 2.26. The van der Waals surface area contributed by atoms with Crippen LogP contribution in [0.4, 0.5) is 0 Å². The lowest BCUT2D eigenvalue weighted by molar-refractivity contribution is 0.199. The van der Waals surface area contributed by atoms with E-state index >= 15 is 0 Å². The Morgan fingerprint density at radius 3 is 2.75 bits per heavy atom. The molecule has 0 aliphatic heterocycles. The highest BCUT2D eigenvalue weighted by atomic mass is 14.9. The van der Waals surface area contributed by atoms with Crippen molar-refractivity contribution in [3.8, 4) is 0 Å². The van der Waals surface area contributed by atoms with Crippen LogP contribution in [0.1, 0.15) is 52.9 Å². The zero-order valence-electron chi connectivity index (χ0n) is 8.82. The van der Waals surface area contributed by atoms with Gasteiger partial charge in [-0.05, 0) is 37.6 Å². The first-order valence-electron chi connectivity index (χ1n) is 5.37. The van der Waals surface area contributed by atoms with Crippen molar-refractivity contribution in [2.75, 3.05) is 6.54 Å². The summed E-state index contributed by atoms with van der Waals surface area (Å²) in [7, 11) is 0. The SMILES string of the molecule is CCCNC1CCCC(C)(C)C1. The zero-order chi connectivity index (χ0) is 9.03. The molecular weight excluding hydrogens is 146 g/mol. The fraction of sp³-hybridized carbons (Fsp3) is 1.00. The number of hydrogen-bond donors (Lipinski definition) is 1. The smallest absolute Gasteiger partial charge is 0.00721 e. The first kappa shape index (κ1) is 10.0. The summed E-state index contributed by atoms with van der Waals surface area (Å²) in [5.41, 5.74) is 0.587. The third kappa shape index (κ3) is 3.14. The highest BCUT2D eigenvalue weighted by Crippen LogP contribution is 2.34. The Bertz CT molecular complexity index is 129. The third-order valence-corrected chi connectivity index (χ3v) is 2.89. The van der Waals surface area contributed by atoms with Crippen molar-refractivity contribution in [3.63, 3.8) is 0 Å². The molecule has 0 spiro atoms. The van der Waals surface area contributed by atoms with E-state index in [9.17, 15) is 0 Å². The Hall–Kier alpha value is -0.0400. The molecule has 1 rings (SSSR count). The van der Waals surface area contributed by atoms with Crippen molar-refractivity contribution in [2.24, 2.45) is 5.41 Å². The second-order valence-corrected chi connectivity index (χ2v) is 4.91. The Labute approximate surface area is 76.9 Å². The minimum Gasteiger partial charge on any atom is -0.314 e. The predicted octanol–water partition coefficient (Wildman–Crippen LogP) is 2.95. The van der Waals surface area contributed by atoms with E-state index in [0.717, 1.165) is 6.04 Å². The van der Waals surface area contributed by atoms with Crippen LogP contribution in [0, 0.1) is 5.41 Å². The van der Waals surface area contributed by atoms with Gasteiger partial charge in [-0.2, -0.15) is 0 Å². The standard InChI is InChI=1S/C11H23N/c1-4-8-12-10-6-5-7-11(2,3)9-10/h10,12H,4-9H2,1-3H3. The molecule has 1 aliphatic carbocycles. The number of nitrogens with one attached hydrogen (secondary N) is 1. The van der Waals surface area contributed by atoms with Gasteiger partial charge in [-0.25, -0.2) is 0 Å². The molecule has 1 aliphatic rings. The van der Waals surface area contributed by atoms with E-state index in [1.165, 1.54) is 38.6 Å². The molecule has 0 aromatic carbocycles. The molecule has 0 bridgehead atoms. The highest BCUT2D eigenvalue weighted by molar-refractivity contribution is 4.82. The van der Waals surface area contributed by atoms with Crippen molar-refractivity contribution >= 4 is 0 Å². The van der Waals surface area contributed by atoms with Crippen LogP contribution in [0.2, 0.25) is 0 Å². The quantitative estimate of drug-likeness (QED) is 0.685. The molecule has 1 heteroatoms. The van der Waals surface area contributed by atoms with Crippen LogP contribution in [0.5, 0.6) is 0 Å². The van der Waals surface area contributed by atoms with Gasteiger partial charge in [0.1, 0.15) is 0 Å². The van der Waals surface area contributed by atoms with Gasteiger partial charge in [-0.3, -0.25) is 0 Å². The van der Waals surface area contributed by atoms with Crippen molar-refractivity contribution < 1.29 is 0 Å². The van der Waals surface area contributed by atoms with Gasteiger partial charge in [0.25, 0.3) is 0 Å². The minimum absolute atomic E-state index is 0.587. The van der Waals surface area contributed by atoms with E-state index < -0.39 is 0 Å². The monoisotopic (exact) mass is 169 g/mol. The fourth-order valence-corrected chi connectivity index (χ4v) is 2.22. The minimum atomic E-state index is 0.587. The second-order valence-electron chi connectivity index (χ2n) is 4.91. The molecule has 0 aromatic heterocycles. The Morgan fingerprint density at radius 2 is 2.17 bits per heavy atom. The molecule has 1 N–H and O–H groups in total. The molecule has 72 valence electrons. The summed E-state index contributed by atoms with van der Waals surface area (Å²) >= 11 is 0. The molecular formula is C11H23N. The molecule has 1 unspecified atom stereocenters. The van der Waals surface area contributed by atoms with Gasteiger partial charge < -0.3 is 5.32 Å². The van der Waals surface area contributed by atoms with E-state index in [2.05, 4.69) is 26.1 Å². The van der Waals surface area contributed by atoms with Crippen LogP contribution in [0.25, 0.3) is 0 Å². The van der Waals surface area contributed by atoms with Gasteiger partial charge in [0, 0.05) is 6.04 Å². The van der Waals surface area contributed by atoms with Crippen LogP contribution in [0.15, 0.2) is 0 Å². The van der Waals surface area contributed by atoms with E-state index in [-0.39, 0.29) is 0 Å². The average Bonchev–Trinajstić information content (AvgIpc) is 1.99. The summed E-state index contributed by atoms with van der Waals surface area (Å²) in [5, 5.41) is 3.63. The van der Waals surface area contributed by atoms with Crippen LogP contribution < -0.4 is 5.32 Å². The van der Waals surface area contributed by atoms with Gasteiger partial charge in [-0.1, -0.05) is 27.2 Å². The molecule has 1 atom stereocenters. The molecule has 12 heavy (non-hydrogen) atoms. The summed E-state index contributed by atoms with van der Waals surface area (Å²) in [5.74, 6) is 0. The maximum absolute atomic E-state index is 3.63. The first-order valence-corrected chi connectivity index (χ1v) is 5.37. The molecule has 1 nitrogen and oxygen atoms in total. The van der Waals surface area contributed by atoms with Crippen molar-refractivity contribution in [3.05, 3.63) is 0 Å². The van der Waals surface area contributed by atoms with E-state index in [0.29, 0.717) is 5.41 Å². The largest absolute Gasteiger partial charge is 0.314 e. The topological polar surface area (TPSA) is 12.0 Å². The second kappa shape index (κ2) is 4.27. The maximum atomic E-state index is 3.63. The Morgan fingerprint density at radius 1 is 1.42 bits per heavy atom. The predicted molar refractivity (Wildman–Crippen MR) is 54.3 cm³/mol. The normalized spacial score (nSPS) is 28.8. The lowest BCUT2D eigenvalue weighted by Crippen LogP contribution is -2.37. The number of hydrogen-bond acceptors (Lipinski definition) is 1. The molecule has 0 amide bonds. The molecule has 0 heterocycles. The lowest BCUT2D eigenvalue weighted by atomic mass is 9.75. The summed E-state index contributed by atoms with van der Waals surface area (Å²) in [6, 6.07) is 0.800. The lowest BCUT2D eigenvalue weighted by Gasteiger charge is -2.35. The van der Waals surface area contributed by atoms with Gasteiger partial charge in [0.15, 0.2) is 0 Å². The van der Waals surface area contributed by atoms with Crippen LogP contribution >= 0.6 is 0 Å². The maximum Gasteiger partial charge on any atom is 0.00721 e. The van der Waals surface area contributed by atoms with Gasteiger partial charge in [-0.15, -0.1) is 0 Å². The first-order chi connectivity index (χ1) is 5.64. The van der Waals surface area contributed by atoms with Gasteiger partial charge in [0.05, 0.1) is 0 Å². The Kier molecular flexibility index (Phi) is 3.57. The summed E-state index contributed by atoms with van der Waals surface area (Å²) in [4.78, 5) is 0. The molecule has 0 saturated heterocycles. The molecule has 1 fully saturated rings. The van der Waals surface area contributed by atoms with Crippen LogP contribution in [-0.4, -0.2) is 12.6 Å². The van der Waals surface area contributed by atoms with Gasteiger partial charge in [0.2, 0.25) is 0 Å². The molecule has 1 saturated carbocycles. The summed E-state index contributed by atoms with van der Waals surface area (Å²) in [6.07, 6.45) is 6.85. The molecule has 0 radical (unpaired) electrons. The fourth-order valence-electron chi connectivity index (χ4n) is 2.22. The van der Waals surface area contributed by atoms with Crippen LogP contribution in [-0.2, 0) is 0 Å². The van der Waals surface area contributed by atoms with E-state index in [1.807, 2.05) is 0 Å². The molecule has 0 aromatic rings. The van der Waals surface area contributed by atoms with Crippen LogP contribution in [0.3, 0.4) is 0 Å². The number of rotatable bonds is 3.